The van der Waals surface area contributed by atoms with Crippen LogP contribution >= 0.6 is 0 Å². The van der Waals surface area contributed by atoms with Gasteiger partial charge in [0.25, 0.3) is 11.6 Å². The first-order valence-electron chi connectivity index (χ1n) is 13.2. The van der Waals surface area contributed by atoms with Gasteiger partial charge in [0.15, 0.2) is 0 Å². The van der Waals surface area contributed by atoms with Crippen LogP contribution in [0.15, 0.2) is 65.6 Å². The van der Waals surface area contributed by atoms with Crippen LogP contribution in [0.2, 0.25) is 0 Å². The summed E-state index contributed by atoms with van der Waals surface area (Å²) in [6.07, 6.45) is 10.4. The second-order valence-corrected chi connectivity index (χ2v) is 10.2. The molecule has 3 heterocycles. The van der Waals surface area contributed by atoms with E-state index in [1.165, 1.54) is 18.6 Å². The number of carbonyl (C=O) groups is 2. The monoisotopic (exact) mass is 541 g/mol. The van der Waals surface area contributed by atoms with Gasteiger partial charge >= 0.3 is 5.97 Å². The largest absolute Gasteiger partial charge is 0.480 e. The van der Waals surface area contributed by atoms with E-state index in [1.54, 1.807) is 36.9 Å². The van der Waals surface area contributed by atoms with Gasteiger partial charge in [-0.3, -0.25) is 14.9 Å². The molecule has 0 spiro atoms. The Bertz CT molecular complexity index is 1730. The molecule has 5 aromatic rings. The van der Waals surface area contributed by atoms with Crippen LogP contribution < -0.4 is 5.32 Å². The van der Waals surface area contributed by atoms with Crippen LogP contribution in [0, 0.1) is 10.1 Å². The SMILES string of the molecule is O=C(N[C@@H](Cc1c[nH]c2ccc([N+](=O)[O-])cc12)C(=O)O)c1ccc2c(c1)nc(-c1ccoc1)n2C1CCCCC1. The number of nitro benzene ring substituents is 1. The number of aromatic amines is 1. The molecule has 1 amide bonds. The number of furan rings is 1. The molecule has 204 valence electrons. The quantitative estimate of drug-likeness (QED) is 0.170. The van der Waals surface area contributed by atoms with Gasteiger partial charge in [-0.2, -0.15) is 0 Å². The molecule has 0 saturated heterocycles. The highest BCUT2D eigenvalue weighted by Crippen LogP contribution is 2.36. The summed E-state index contributed by atoms with van der Waals surface area (Å²) in [5.74, 6) is -0.972. The molecule has 0 aliphatic heterocycles. The topological polar surface area (TPSA) is 156 Å². The van der Waals surface area contributed by atoms with E-state index < -0.39 is 22.8 Å². The number of fused-ring (bicyclic) bond motifs is 2. The smallest absolute Gasteiger partial charge is 0.326 e. The van der Waals surface area contributed by atoms with Gasteiger partial charge in [0.1, 0.15) is 18.1 Å². The third kappa shape index (κ3) is 4.70. The maximum absolute atomic E-state index is 13.2. The molecule has 6 rings (SSSR count). The predicted molar refractivity (Wildman–Crippen MR) is 147 cm³/mol. The Morgan fingerprint density at radius 3 is 2.73 bits per heavy atom. The average molecular weight is 542 g/mol. The number of carboxylic acid groups (broad SMARTS) is 1. The van der Waals surface area contributed by atoms with Crippen molar-refractivity contribution < 1.29 is 24.0 Å². The van der Waals surface area contributed by atoms with Crippen molar-refractivity contribution in [3.63, 3.8) is 0 Å². The highest BCUT2D eigenvalue weighted by atomic mass is 16.6. The summed E-state index contributed by atoms with van der Waals surface area (Å²) in [5, 5.41) is 24.3. The van der Waals surface area contributed by atoms with E-state index in [0.29, 0.717) is 33.6 Å². The summed E-state index contributed by atoms with van der Waals surface area (Å²) in [7, 11) is 0. The molecule has 0 unspecified atom stereocenters. The molecule has 0 radical (unpaired) electrons. The summed E-state index contributed by atoms with van der Waals surface area (Å²) in [5.41, 5.74) is 3.81. The highest BCUT2D eigenvalue weighted by molar-refractivity contribution is 6.00. The lowest BCUT2D eigenvalue weighted by Gasteiger charge is -2.25. The van der Waals surface area contributed by atoms with Crippen molar-refractivity contribution in [2.24, 2.45) is 0 Å². The van der Waals surface area contributed by atoms with E-state index in [9.17, 15) is 24.8 Å². The van der Waals surface area contributed by atoms with Gasteiger partial charge in [-0.15, -0.1) is 0 Å². The number of carbonyl (C=O) groups excluding carboxylic acids is 1. The van der Waals surface area contributed by atoms with Crippen LogP contribution in [0.1, 0.15) is 54.1 Å². The number of nitrogens with zero attached hydrogens (tertiary/aromatic N) is 3. The molecule has 1 atom stereocenters. The maximum atomic E-state index is 13.2. The van der Waals surface area contributed by atoms with Crippen molar-refractivity contribution in [2.75, 3.05) is 0 Å². The number of hydrogen-bond acceptors (Lipinski definition) is 6. The van der Waals surface area contributed by atoms with E-state index >= 15 is 0 Å². The van der Waals surface area contributed by atoms with Crippen molar-refractivity contribution in [2.45, 2.75) is 50.6 Å². The Balaban J connectivity index is 1.29. The maximum Gasteiger partial charge on any atom is 0.326 e. The third-order valence-electron chi connectivity index (χ3n) is 7.66. The fourth-order valence-electron chi connectivity index (χ4n) is 5.65. The first kappa shape index (κ1) is 25.4. The normalized spacial score (nSPS) is 14.9. The van der Waals surface area contributed by atoms with Crippen molar-refractivity contribution in [1.82, 2.24) is 19.9 Å². The number of imidazole rings is 1. The number of amides is 1. The lowest BCUT2D eigenvalue weighted by atomic mass is 9.95. The Morgan fingerprint density at radius 2 is 2.00 bits per heavy atom. The molecular weight excluding hydrogens is 514 g/mol. The molecule has 11 nitrogen and oxygen atoms in total. The molecule has 1 aliphatic carbocycles. The fourth-order valence-corrected chi connectivity index (χ4v) is 5.65. The molecule has 1 saturated carbocycles. The van der Waals surface area contributed by atoms with Gasteiger partial charge < -0.3 is 24.4 Å². The first-order valence-corrected chi connectivity index (χ1v) is 13.2. The summed E-state index contributed by atoms with van der Waals surface area (Å²) < 4.78 is 7.55. The second kappa shape index (κ2) is 10.3. The number of carboxylic acids is 1. The number of aromatic nitrogens is 3. The van der Waals surface area contributed by atoms with Crippen molar-refractivity contribution >= 4 is 39.5 Å². The molecule has 1 fully saturated rings. The molecule has 11 heteroatoms. The van der Waals surface area contributed by atoms with Crippen LogP contribution in [0.25, 0.3) is 33.3 Å². The predicted octanol–water partition coefficient (Wildman–Crippen LogP) is 5.62. The highest BCUT2D eigenvalue weighted by Gasteiger charge is 2.26. The van der Waals surface area contributed by atoms with Gasteiger partial charge in [0, 0.05) is 47.3 Å². The minimum absolute atomic E-state index is 0.0502. The number of rotatable bonds is 8. The van der Waals surface area contributed by atoms with Crippen LogP contribution in [0.5, 0.6) is 0 Å². The van der Waals surface area contributed by atoms with E-state index in [-0.39, 0.29) is 12.1 Å². The zero-order valence-corrected chi connectivity index (χ0v) is 21.5. The van der Waals surface area contributed by atoms with Gasteiger partial charge in [-0.1, -0.05) is 19.3 Å². The molecule has 0 bridgehead atoms. The molecular formula is C29H27N5O6. The summed E-state index contributed by atoms with van der Waals surface area (Å²) in [6.45, 7) is 0. The molecule has 3 aromatic heterocycles. The Kier molecular flexibility index (Phi) is 6.54. The number of hydrogen-bond donors (Lipinski definition) is 3. The lowest BCUT2D eigenvalue weighted by molar-refractivity contribution is -0.384. The van der Waals surface area contributed by atoms with E-state index in [1.807, 2.05) is 12.1 Å². The average Bonchev–Trinajstić information content (AvgIpc) is 3.71. The van der Waals surface area contributed by atoms with Crippen LogP contribution in [-0.2, 0) is 11.2 Å². The molecule has 2 aromatic carbocycles. The van der Waals surface area contributed by atoms with E-state index in [4.69, 9.17) is 9.40 Å². The number of nitrogens with one attached hydrogen (secondary N) is 2. The number of nitro groups is 1. The Labute approximate surface area is 228 Å². The standard InChI is InChI=1S/C29H27N5O6/c35-28(32-25(29(36)37)13-19-15-30-23-8-7-21(34(38)39)14-22(19)23)17-6-9-26-24(12-17)31-27(18-10-11-40-16-18)33(26)20-4-2-1-3-5-20/h6-12,14-16,20,25,30H,1-5,13H2,(H,32,35)(H,36,37)/t25-/m0/s1. The summed E-state index contributed by atoms with van der Waals surface area (Å²) in [4.78, 5) is 43.9. The number of H-pyrrole nitrogens is 1. The zero-order chi connectivity index (χ0) is 27.8. The van der Waals surface area contributed by atoms with Gasteiger partial charge in [0.2, 0.25) is 0 Å². The van der Waals surface area contributed by atoms with Crippen LogP contribution in [0.3, 0.4) is 0 Å². The minimum Gasteiger partial charge on any atom is -0.480 e. The Hall–Kier alpha value is -4.93. The number of non-ortho nitro benzene ring substituents is 1. The molecule has 1 aliphatic rings. The minimum atomic E-state index is -1.25. The first-order chi connectivity index (χ1) is 19.4. The summed E-state index contributed by atoms with van der Waals surface area (Å²) >= 11 is 0. The van der Waals surface area contributed by atoms with Gasteiger partial charge in [-0.25, -0.2) is 9.78 Å². The van der Waals surface area contributed by atoms with E-state index in [0.717, 1.165) is 42.6 Å². The Morgan fingerprint density at radius 1 is 1.18 bits per heavy atom. The van der Waals surface area contributed by atoms with Gasteiger partial charge in [0.05, 0.1) is 27.8 Å². The van der Waals surface area contributed by atoms with Crippen LogP contribution in [-0.4, -0.2) is 42.5 Å². The van der Waals surface area contributed by atoms with Crippen molar-refractivity contribution in [3.05, 3.63) is 82.4 Å². The second-order valence-electron chi connectivity index (χ2n) is 10.2. The van der Waals surface area contributed by atoms with Crippen LogP contribution in [0.4, 0.5) is 5.69 Å². The molecule has 3 N–H and O–H groups in total. The van der Waals surface area contributed by atoms with Gasteiger partial charge in [-0.05, 0) is 48.7 Å². The fraction of sp³-hybridized carbons (Fsp3) is 0.276. The van der Waals surface area contributed by atoms with Crippen molar-refractivity contribution in [1.29, 1.82) is 0 Å². The third-order valence-corrected chi connectivity index (χ3v) is 7.66. The number of benzene rings is 2. The number of aliphatic carboxylic acids is 1. The van der Waals surface area contributed by atoms with Crippen molar-refractivity contribution in [3.8, 4) is 11.4 Å². The lowest BCUT2D eigenvalue weighted by Crippen LogP contribution is -2.42. The zero-order valence-electron chi connectivity index (χ0n) is 21.5. The molecule has 40 heavy (non-hydrogen) atoms. The van der Waals surface area contributed by atoms with E-state index in [2.05, 4.69) is 14.9 Å². The summed E-state index contributed by atoms with van der Waals surface area (Å²) in [6, 6.07) is 10.5.